The van der Waals surface area contributed by atoms with Crippen LogP contribution in [0.5, 0.6) is 0 Å². The number of aromatic nitrogens is 1. The Morgan fingerprint density at radius 1 is 0.758 bits per heavy atom. The van der Waals surface area contributed by atoms with Crippen LogP contribution in [0, 0.1) is 18.3 Å². The zero-order valence-electron chi connectivity index (χ0n) is 21.5. The second kappa shape index (κ2) is 7.66. The van der Waals surface area contributed by atoms with Gasteiger partial charge in [0.2, 0.25) is 0 Å². The Bertz CT molecular complexity index is 1340. The molecular weight excluding hydrogens is 402 g/mol. The van der Waals surface area contributed by atoms with Crippen LogP contribution in [-0.2, 0) is 10.8 Å². The maximum atomic E-state index is 9.57. The molecule has 0 spiro atoms. The maximum absolute atomic E-state index is 9.57. The number of rotatable bonds is 2. The van der Waals surface area contributed by atoms with Gasteiger partial charge in [-0.1, -0.05) is 53.7 Å². The van der Waals surface area contributed by atoms with Crippen LogP contribution in [0.2, 0.25) is 0 Å². The van der Waals surface area contributed by atoms with Gasteiger partial charge in [-0.3, -0.25) is 0 Å². The van der Waals surface area contributed by atoms with Crippen LogP contribution in [0.15, 0.2) is 48.5 Å². The Morgan fingerprint density at radius 2 is 1.24 bits per heavy atom. The first kappa shape index (κ1) is 22.9. The van der Waals surface area contributed by atoms with Crippen molar-refractivity contribution in [1.82, 2.24) is 4.57 Å². The van der Waals surface area contributed by atoms with Crippen molar-refractivity contribution >= 4 is 27.5 Å². The SMILES string of the molecule is Cc1cc(C#N)cc(N(C)C)c1-n1c2ccc(C(C)(C)C)cc2c2cc(C(C)(C)C)ccc21. The van der Waals surface area contributed by atoms with Gasteiger partial charge in [0.05, 0.1) is 34.0 Å². The quantitative estimate of drug-likeness (QED) is 0.323. The fourth-order valence-corrected chi connectivity index (χ4v) is 4.65. The van der Waals surface area contributed by atoms with Gasteiger partial charge in [-0.05, 0) is 70.8 Å². The highest BCUT2D eigenvalue weighted by atomic mass is 15.1. The van der Waals surface area contributed by atoms with Gasteiger partial charge in [-0.25, -0.2) is 0 Å². The molecule has 3 aromatic carbocycles. The first-order chi connectivity index (χ1) is 15.3. The molecule has 3 nitrogen and oxygen atoms in total. The van der Waals surface area contributed by atoms with Crippen molar-refractivity contribution in [2.45, 2.75) is 59.3 Å². The normalized spacial score (nSPS) is 12.4. The molecule has 0 aliphatic rings. The monoisotopic (exact) mass is 437 g/mol. The molecule has 0 saturated carbocycles. The Morgan fingerprint density at radius 3 is 1.64 bits per heavy atom. The summed E-state index contributed by atoms with van der Waals surface area (Å²) in [5.41, 5.74) is 9.16. The molecule has 0 fully saturated rings. The van der Waals surface area contributed by atoms with Crippen molar-refractivity contribution < 1.29 is 0 Å². The first-order valence-electron chi connectivity index (χ1n) is 11.6. The van der Waals surface area contributed by atoms with Gasteiger partial charge in [-0.2, -0.15) is 5.26 Å². The summed E-state index contributed by atoms with van der Waals surface area (Å²) < 4.78 is 2.38. The minimum Gasteiger partial charge on any atom is -0.376 e. The molecule has 0 aliphatic carbocycles. The molecule has 0 unspecified atom stereocenters. The topological polar surface area (TPSA) is 32.0 Å². The molecular formula is C30H35N3. The second-order valence-electron chi connectivity index (χ2n) is 11.5. The molecule has 4 aromatic rings. The fraction of sp³-hybridized carbons (Fsp3) is 0.367. The smallest absolute Gasteiger partial charge is 0.0992 e. The molecule has 1 aromatic heterocycles. The van der Waals surface area contributed by atoms with Crippen LogP contribution in [-0.4, -0.2) is 18.7 Å². The Kier molecular flexibility index (Phi) is 5.32. The molecule has 0 saturated heterocycles. The molecule has 0 radical (unpaired) electrons. The molecule has 0 N–H and O–H groups in total. The molecule has 0 amide bonds. The summed E-state index contributed by atoms with van der Waals surface area (Å²) in [6.45, 7) is 15.7. The summed E-state index contributed by atoms with van der Waals surface area (Å²) in [6, 6.07) is 20.1. The van der Waals surface area contributed by atoms with E-state index in [1.807, 2.05) is 26.2 Å². The zero-order valence-corrected chi connectivity index (χ0v) is 21.5. The van der Waals surface area contributed by atoms with Crippen molar-refractivity contribution in [3.63, 3.8) is 0 Å². The summed E-state index contributed by atoms with van der Waals surface area (Å²) in [5.74, 6) is 0. The van der Waals surface area contributed by atoms with Crippen LogP contribution in [0.4, 0.5) is 5.69 Å². The summed E-state index contributed by atoms with van der Waals surface area (Å²) >= 11 is 0. The van der Waals surface area contributed by atoms with Gasteiger partial charge >= 0.3 is 0 Å². The maximum Gasteiger partial charge on any atom is 0.0992 e. The van der Waals surface area contributed by atoms with Gasteiger partial charge < -0.3 is 9.47 Å². The number of nitriles is 1. The molecule has 3 heteroatoms. The van der Waals surface area contributed by atoms with E-state index in [1.54, 1.807) is 0 Å². The number of benzene rings is 3. The summed E-state index contributed by atoms with van der Waals surface area (Å²) in [4.78, 5) is 2.11. The number of nitrogens with zero attached hydrogens (tertiary/aromatic N) is 3. The third kappa shape index (κ3) is 3.89. The van der Waals surface area contributed by atoms with Crippen molar-refractivity contribution in [2.24, 2.45) is 0 Å². The average molecular weight is 438 g/mol. The van der Waals surface area contributed by atoms with E-state index in [0.717, 1.165) is 16.9 Å². The number of hydrogen-bond donors (Lipinski definition) is 0. The number of fused-ring (bicyclic) bond motifs is 3. The molecule has 1 heterocycles. The third-order valence-corrected chi connectivity index (χ3v) is 6.61. The largest absolute Gasteiger partial charge is 0.376 e. The molecule has 33 heavy (non-hydrogen) atoms. The van der Waals surface area contributed by atoms with E-state index in [2.05, 4.69) is 100 Å². The lowest BCUT2D eigenvalue weighted by atomic mass is 9.85. The van der Waals surface area contributed by atoms with E-state index in [-0.39, 0.29) is 10.8 Å². The summed E-state index contributed by atoms with van der Waals surface area (Å²) in [5, 5.41) is 12.1. The van der Waals surface area contributed by atoms with Gasteiger partial charge in [0, 0.05) is 24.9 Å². The molecule has 0 aliphatic heterocycles. The van der Waals surface area contributed by atoms with Crippen molar-refractivity contribution in [1.29, 1.82) is 5.26 Å². The van der Waals surface area contributed by atoms with Gasteiger partial charge in [-0.15, -0.1) is 0 Å². The lowest BCUT2D eigenvalue weighted by Crippen LogP contribution is -2.14. The van der Waals surface area contributed by atoms with E-state index < -0.39 is 0 Å². The van der Waals surface area contributed by atoms with Crippen molar-refractivity contribution in [3.8, 4) is 11.8 Å². The minimum absolute atomic E-state index is 0.0728. The highest BCUT2D eigenvalue weighted by Gasteiger charge is 2.23. The zero-order chi connectivity index (χ0) is 24.3. The lowest BCUT2D eigenvalue weighted by Gasteiger charge is -2.23. The van der Waals surface area contributed by atoms with Crippen LogP contribution in [0.1, 0.15) is 63.8 Å². The number of hydrogen-bond acceptors (Lipinski definition) is 2. The fourth-order valence-electron chi connectivity index (χ4n) is 4.65. The van der Waals surface area contributed by atoms with Crippen molar-refractivity contribution in [3.05, 3.63) is 70.8 Å². The molecule has 170 valence electrons. The predicted molar refractivity (Wildman–Crippen MR) is 142 cm³/mol. The molecule has 0 atom stereocenters. The van der Waals surface area contributed by atoms with Gasteiger partial charge in [0.15, 0.2) is 0 Å². The number of aryl methyl sites for hydroxylation is 1. The van der Waals surface area contributed by atoms with Gasteiger partial charge in [0.25, 0.3) is 0 Å². The highest BCUT2D eigenvalue weighted by Crippen LogP contribution is 2.40. The Balaban J connectivity index is 2.19. The Labute approximate surface area is 198 Å². The number of anilines is 1. The van der Waals surface area contributed by atoms with Gasteiger partial charge in [0.1, 0.15) is 0 Å². The summed E-state index contributed by atoms with van der Waals surface area (Å²) in [7, 11) is 4.09. The van der Waals surface area contributed by atoms with E-state index in [9.17, 15) is 5.26 Å². The van der Waals surface area contributed by atoms with Crippen LogP contribution in [0.25, 0.3) is 27.5 Å². The minimum atomic E-state index is 0.0728. The predicted octanol–water partition coefficient (Wildman–Crippen LogP) is 7.62. The highest BCUT2D eigenvalue weighted by molar-refractivity contribution is 6.10. The van der Waals surface area contributed by atoms with Crippen LogP contribution in [0.3, 0.4) is 0 Å². The van der Waals surface area contributed by atoms with Crippen molar-refractivity contribution in [2.75, 3.05) is 19.0 Å². The standard InChI is InChI=1S/C30H35N3/c1-19-14-20(18-31)15-27(32(8)9)28(19)33-25-12-10-21(29(2,3)4)16-23(25)24-17-22(30(5,6)7)11-13-26(24)33/h10-17H,1-9H3. The Hall–Kier alpha value is -3.25. The van der Waals surface area contributed by atoms with E-state index in [0.29, 0.717) is 5.56 Å². The van der Waals surface area contributed by atoms with E-state index >= 15 is 0 Å². The first-order valence-corrected chi connectivity index (χ1v) is 11.6. The van der Waals surface area contributed by atoms with E-state index in [1.165, 1.54) is 32.9 Å². The molecule has 4 rings (SSSR count). The average Bonchev–Trinajstić information content (AvgIpc) is 3.04. The van der Waals surface area contributed by atoms with Crippen LogP contribution < -0.4 is 4.90 Å². The van der Waals surface area contributed by atoms with E-state index in [4.69, 9.17) is 0 Å². The molecule has 0 bridgehead atoms. The third-order valence-electron chi connectivity index (χ3n) is 6.61. The summed E-state index contributed by atoms with van der Waals surface area (Å²) in [6.07, 6.45) is 0. The van der Waals surface area contributed by atoms with Crippen LogP contribution >= 0.6 is 0 Å². The second-order valence-corrected chi connectivity index (χ2v) is 11.5. The lowest BCUT2D eigenvalue weighted by molar-refractivity contribution is 0.590.